The molecule has 0 spiro atoms. The van der Waals surface area contributed by atoms with Crippen molar-refractivity contribution in [2.45, 2.75) is 32.5 Å². The summed E-state index contributed by atoms with van der Waals surface area (Å²) in [4.78, 5) is 16.7. The normalized spacial score (nSPS) is 11.8. The van der Waals surface area contributed by atoms with Crippen molar-refractivity contribution in [2.24, 2.45) is 5.73 Å². The lowest BCUT2D eigenvalue weighted by Crippen LogP contribution is -2.41. The molecule has 6 nitrogen and oxygen atoms in total. The fraction of sp³-hybridized carbons (Fsp3) is 0.273. The monoisotopic (exact) mass is 378 g/mol. The van der Waals surface area contributed by atoms with E-state index in [1.54, 1.807) is 13.4 Å². The van der Waals surface area contributed by atoms with Gasteiger partial charge in [0.15, 0.2) is 0 Å². The number of benzene rings is 2. The fourth-order valence-electron chi connectivity index (χ4n) is 3.02. The zero-order valence-electron chi connectivity index (χ0n) is 16.3. The summed E-state index contributed by atoms with van der Waals surface area (Å²) in [7, 11) is 1.62. The Bertz CT molecular complexity index is 921. The lowest BCUT2D eigenvalue weighted by molar-refractivity contribution is -0.122. The van der Waals surface area contributed by atoms with Crippen molar-refractivity contribution in [3.05, 3.63) is 83.4 Å². The molecule has 0 aliphatic rings. The van der Waals surface area contributed by atoms with Gasteiger partial charge in [-0.25, -0.2) is 4.98 Å². The molecular formula is C22H26N4O2. The van der Waals surface area contributed by atoms with Crippen LogP contribution in [0.15, 0.2) is 61.1 Å². The van der Waals surface area contributed by atoms with Crippen LogP contribution < -0.4 is 15.8 Å². The summed E-state index contributed by atoms with van der Waals surface area (Å²) in [5, 5.41) is 2.88. The summed E-state index contributed by atoms with van der Waals surface area (Å²) >= 11 is 0. The van der Waals surface area contributed by atoms with E-state index in [9.17, 15) is 4.79 Å². The number of rotatable bonds is 8. The van der Waals surface area contributed by atoms with E-state index < -0.39 is 6.04 Å². The smallest absolute Gasteiger partial charge is 0.237 e. The molecule has 3 rings (SSSR count). The van der Waals surface area contributed by atoms with Crippen molar-refractivity contribution >= 4 is 5.91 Å². The van der Waals surface area contributed by atoms with Gasteiger partial charge in [0.2, 0.25) is 5.91 Å². The number of carbonyl (C=O) groups is 1. The Morgan fingerprint density at radius 2 is 2.04 bits per heavy atom. The molecule has 1 heterocycles. The van der Waals surface area contributed by atoms with E-state index in [-0.39, 0.29) is 5.91 Å². The second-order valence-corrected chi connectivity index (χ2v) is 6.87. The minimum Gasteiger partial charge on any atom is -0.496 e. The average molecular weight is 378 g/mol. The van der Waals surface area contributed by atoms with Crippen molar-refractivity contribution in [3.63, 3.8) is 0 Å². The number of imidazole rings is 1. The molecule has 2 aromatic carbocycles. The predicted molar refractivity (Wildman–Crippen MR) is 109 cm³/mol. The van der Waals surface area contributed by atoms with Crippen molar-refractivity contribution in [3.8, 4) is 5.75 Å². The summed E-state index contributed by atoms with van der Waals surface area (Å²) in [6.45, 7) is 3.11. The highest BCUT2D eigenvalue weighted by molar-refractivity contribution is 5.81. The van der Waals surface area contributed by atoms with E-state index in [0.29, 0.717) is 13.0 Å². The number of nitrogens with two attached hydrogens (primary N) is 1. The van der Waals surface area contributed by atoms with Gasteiger partial charge in [0, 0.05) is 31.3 Å². The second-order valence-electron chi connectivity index (χ2n) is 6.87. The van der Waals surface area contributed by atoms with Gasteiger partial charge in [-0.2, -0.15) is 0 Å². The molecule has 28 heavy (non-hydrogen) atoms. The van der Waals surface area contributed by atoms with Gasteiger partial charge in [-0.1, -0.05) is 42.5 Å². The Hall–Kier alpha value is -3.12. The first-order valence-electron chi connectivity index (χ1n) is 9.26. The van der Waals surface area contributed by atoms with Crippen LogP contribution in [0.2, 0.25) is 0 Å². The molecule has 1 atom stereocenters. The highest BCUT2D eigenvalue weighted by atomic mass is 16.5. The first kappa shape index (κ1) is 19.6. The molecule has 3 N–H and O–H groups in total. The third-order valence-electron chi connectivity index (χ3n) is 4.56. The summed E-state index contributed by atoms with van der Waals surface area (Å²) in [6, 6.07) is 15.4. The molecule has 0 aliphatic carbocycles. The van der Waals surface area contributed by atoms with Gasteiger partial charge in [-0.3, -0.25) is 4.79 Å². The van der Waals surface area contributed by atoms with Gasteiger partial charge in [0.25, 0.3) is 0 Å². The fourth-order valence-corrected chi connectivity index (χ4v) is 3.02. The summed E-state index contributed by atoms with van der Waals surface area (Å²) in [6.07, 6.45) is 4.09. The van der Waals surface area contributed by atoms with Crippen LogP contribution in [-0.2, 0) is 24.3 Å². The van der Waals surface area contributed by atoms with Gasteiger partial charge in [-0.05, 0) is 24.1 Å². The molecule has 0 radical (unpaired) electrons. The molecule has 0 unspecified atom stereocenters. The number of methoxy groups -OCH3 is 1. The number of carbonyl (C=O) groups excluding carboxylic acids is 1. The van der Waals surface area contributed by atoms with Crippen LogP contribution in [0.5, 0.6) is 5.75 Å². The van der Waals surface area contributed by atoms with E-state index in [1.165, 1.54) is 5.56 Å². The summed E-state index contributed by atoms with van der Waals surface area (Å²) in [5.41, 5.74) is 10.1. The molecule has 6 heteroatoms. The highest BCUT2D eigenvalue weighted by Gasteiger charge is 2.16. The predicted octanol–water partition coefficient (Wildman–Crippen LogP) is 2.43. The van der Waals surface area contributed by atoms with Crippen LogP contribution in [-0.4, -0.2) is 28.6 Å². The number of nitrogens with one attached hydrogen (secondary N) is 1. The van der Waals surface area contributed by atoms with Crippen molar-refractivity contribution in [1.29, 1.82) is 0 Å². The number of aromatic nitrogens is 2. The Kier molecular flexibility index (Phi) is 6.45. The maximum Gasteiger partial charge on any atom is 0.237 e. The average Bonchev–Trinajstić information content (AvgIpc) is 3.14. The number of aryl methyl sites for hydroxylation is 1. The molecule has 0 aliphatic heterocycles. The summed E-state index contributed by atoms with van der Waals surface area (Å²) in [5.74, 6) is 0.550. The van der Waals surface area contributed by atoms with Crippen molar-refractivity contribution < 1.29 is 9.53 Å². The van der Waals surface area contributed by atoms with E-state index in [2.05, 4.69) is 22.4 Å². The summed E-state index contributed by atoms with van der Waals surface area (Å²) < 4.78 is 7.36. The van der Waals surface area contributed by atoms with Crippen molar-refractivity contribution in [1.82, 2.24) is 14.9 Å². The van der Waals surface area contributed by atoms with E-state index in [0.717, 1.165) is 29.1 Å². The van der Waals surface area contributed by atoms with Crippen LogP contribution in [0.25, 0.3) is 0 Å². The molecule has 0 bridgehead atoms. The topological polar surface area (TPSA) is 82.2 Å². The lowest BCUT2D eigenvalue weighted by atomic mass is 10.1. The van der Waals surface area contributed by atoms with Gasteiger partial charge < -0.3 is 20.4 Å². The number of nitrogens with zero attached hydrogens (tertiary/aromatic N) is 2. The zero-order valence-corrected chi connectivity index (χ0v) is 16.3. The standard InChI is InChI=1S/C22H26N4O2/c1-16-8-9-18(21(10-16)28-2)12-24-22(27)20(23)11-19-14-26(15-25-19)13-17-6-4-3-5-7-17/h3-10,14-15,20H,11-13,23H2,1-2H3,(H,24,27)/t20-/m0/s1. The van der Waals surface area contributed by atoms with Crippen LogP contribution >= 0.6 is 0 Å². The SMILES string of the molecule is COc1cc(C)ccc1CNC(=O)[C@@H](N)Cc1cn(Cc2ccccc2)cn1. The van der Waals surface area contributed by atoms with Gasteiger partial charge in [0.1, 0.15) is 5.75 Å². The molecule has 146 valence electrons. The Balaban J connectivity index is 1.53. The second kappa shape index (κ2) is 9.19. The maximum atomic E-state index is 12.4. The molecule has 1 aromatic heterocycles. The van der Waals surface area contributed by atoms with Gasteiger partial charge >= 0.3 is 0 Å². The third-order valence-corrected chi connectivity index (χ3v) is 4.56. The van der Waals surface area contributed by atoms with Gasteiger partial charge in [0.05, 0.1) is 25.2 Å². The molecule has 0 saturated heterocycles. The number of ether oxygens (including phenoxy) is 1. The van der Waals surface area contributed by atoms with Crippen LogP contribution in [0.4, 0.5) is 0 Å². The zero-order chi connectivity index (χ0) is 19.9. The molecule has 1 amide bonds. The van der Waals surface area contributed by atoms with Crippen LogP contribution in [0.3, 0.4) is 0 Å². The molecule has 0 saturated carbocycles. The van der Waals surface area contributed by atoms with Crippen LogP contribution in [0, 0.1) is 6.92 Å². The van der Waals surface area contributed by atoms with E-state index in [4.69, 9.17) is 10.5 Å². The Morgan fingerprint density at radius 1 is 1.25 bits per heavy atom. The minimum absolute atomic E-state index is 0.208. The molecular weight excluding hydrogens is 352 g/mol. The van der Waals surface area contributed by atoms with Gasteiger partial charge in [-0.15, -0.1) is 0 Å². The first-order chi connectivity index (χ1) is 13.5. The number of amides is 1. The Labute approximate surface area is 165 Å². The van der Waals surface area contributed by atoms with E-state index in [1.807, 2.05) is 54.1 Å². The third kappa shape index (κ3) is 5.20. The molecule has 0 fully saturated rings. The first-order valence-corrected chi connectivity index (χ1v) is 9.26. The molecule has 3 aromatic rings. The van der Waals surface area contributed by atoms with E-state index >= 15 is 0 Å². The highest BCUT2D eigenvalue weighted by Crippen LogP contribution is 2.19. The quantitative estimate of drug-likeness (QED) is 0.631. The Morgan fingerprint density at radius 3 is 2.79 bits per heavy atom. The maximum absolute atomic E-state index is 12.4. The minimum atomic E-state index is -0.656. The number of hydrogen-bond acceptors (Lipinski definition) is 4. The number of hydrogen-bond donors (Lipinski definition) is 2. The largest absolute Gasteiger partial charge is 0.496 e. The lowest BCUT2D eigenvalue weighted by Gasteiger charge is -2.13. The van der Waals surface area contributed by atoms with Crippen molar-refractivity contribution in [2.75, 3.05) is 7.11 Å². The van der Waals surface area contributed by atoms with Crippen LogP contribution in [0.1, 0.15) is 22.4 Å².